The monoisotopic (exact) mass is 409 g/mol. The number of halogens is 1. The standard InChI is InChI=1S/C21H16FN3O5/c22-16-15-13(8-23-19(15)26)6-12-7-14(30-18(12)16)17-20(27)25(21(28)24-17)10-29-9-11-4-2-1-3-5-11/h1-7,17H,8-10H2,(H,23,26)(H,24,28)/t17-/m0/s1. The van der Waals surface area contributed by atoms with Gasteiger partial charge in [0.15, 0.2) is 17.4 Å². The molecule has 0 unspecified atom stereocenters. The first-order chi connectivity index (χ1) is 14.5. The number of hydrogen-bond acceptors (Lipinski definition) is 5. The van der Waals surface area contributed by atoms with E-state index in [1.165, 1.54) is 6.07 Å². The summed E-state index contributed by atoms with van der Waals surface area (Å²) in [6.07, 6.45) is 0. The fourth-order valence-electron chi connectivity index (χ4n) is 3.67. The molecule has 0 saturated carbocycles. The summed E-state index contributed by atoms with van der Waals surface area (Å²) in [4.78, 5) is 37.7. The summed E-state index contributed by atoms with van der Waals surface area (Å²) in [7, 11) is 0. The van der Waals surface area contributed by atoms with Crippen LogP contribution >= 0.6 is 0 Å². The minimum absolute atomic E-state index is 0.0545. The molecule has 0 spiro atoms. The van der Waals surface area contributed by atoms with Crippen LogP contribution in [0.1, 0.15) is 33.3 Å². The molecule has 9 heteroatoms. The Bertz CT molecular complexity index is 1190. The molecule has 0 aliphatic carbocycles. The summed E-state index contributed by atoms with van der Waals surface area (Å²) >= 11 is 0. The fraction of sp³-hybridized carbons (Fsp3) is 0.190. The molecule has 0 bridgehead atoms. The Kier molecular flexibility index (Phi) is 4.25. The molecule has 1 aromatic heterocycles. The zero-order valence-electron chi connectivity index (χ0n) is 15.6. The molecule has 1 atom stereocenters. The van der Waals surface area contributed by atoms with E-state index in [2.05, 4.69) is 10.6 Å². The van der Waals surface area contributed by atoms with Gasteiger partial charge in [-0.15, -0.1) is 0 Å². The Morgan fingerprint density at radius 2 is 1.97 bits per heavy atom. The van der Waals surface area contributed by atoms with Crippen molar-refractivity contribution in [1.29, 1.82) is 0 Å². The summed E-state index contributed by atoms with van der Waals surface area (Å²) in [6, 6.07) is 10.8. The van der Waals surface area contributed by atoms with Gasteiger partial charge >= 0.3 is 6.03 Å². The number of hydrogen-bond donors (Lipinski definition) is 2. The highest BCUT2D eigenvalue weighted by atomic mass is 19.1. The number of benzene rings is 2. The SMILES string of the molecule is O=C1NCc2cc3cc([C@@H]4NC(=O)N(COCc5ccccc5)C4=O)oc3c(F)c21. The predicted octanol–water partition coefficient (Wildman–Crippen LogP) is 2.58. The number of nitrogens with one attached hydrogen (secondary N) is 2. The highest BCUT2D eigenvalue weighted by molar-refractivity contribution is 6.05. The Labute approximate surface area is 169 Å². The van der Waals surface area contributed by atoms with E-state index < -0.39 is 29.7 Å². The second-order valence-corrected chi connectivity index (χ2v) is 7.09. The minimum atomic E-state index is -1.09. The molecule has 3 heterocycles. The summed E-state index contributed by atoms with van der Waals surface area (Å²) < 4.78 is 25.8. The quantitative estimate of drug-likeness (QED) is 0.631. The van der Waals surface area contributed by atoms with Gasteiger partial charge in [-0.1, -0.05) is 30.3 Å². The number of carbonyl (C=O) groups excluding carboxylic acids is 3. The van der Waals surface area contributed by atoms with Gasteiger partial charge in [0, 0.05) is 11.9 Å². The highest BCUT2D eigenvalue weighted by Gasteiger charge is 2.41. The smallest absolute Gasteiger partial charge is 0.327 e. The predicted molar refractivity (Wildman–Crippen MR) is 102 cm³/mol. The molecule has 30 heavy (non-hydrogen) atoms. The van der Waals surface area contributed by atoms with Crippen LogP contribution in [0, 0.1) is 5.82 Å². The molecule has 2 aromatic carbocycles. The van der Waals surface area contributed by atoms with Gasteiger partial charge in [0.25, 0.3) is 11.8 Å². The van der Waals surface area contributed by atoms with E-state index in [0.717, 1.165) is 10.5 Å². The lowest BCUT2D eigenvalue weighted by molar-refractivity contribution is -0.132. The maximum atomic E-state index is 14.7. The molecule has 2 aliphatic heterocycles. The van der Waals surface area contributed by atoms with Gasteiger partial charge < -0.3 is 19.8 Å². The number of ether oxygens (including phenoxy) is 1. The van der Waals surface area contributed by atoms with Gasteiger partial charge in [-0.3, -0.25) is 9.59 Å². The van der Waals surface area contributed by atoms with Crippen LogP contribution in [0.4, 0.5) is 9.18 Å². The first kappa shape index (κ1) is 18.3. The molecule has 5 rings (SSSR count). The fourth-order valence-corrected chi connectivity index (χ4v) is 3.67. The molecule has 1 fully saturated rings. The largest absolute Gasteiger partial charge is 0.455 e. The molecule has 1 saturated heterocycles. The molecule has 4 amide bonds. The number of nitrogens with zero attached hydrogens (tertiary/aromatic N) is 1. The lowest BCUT2D eigenvalue weighted by Crippen LogP contribution is -2.33. The Hall–Kier alpha value is -3.72. The minimum Gasteiger partial charge on any atom is -0.455 e. The number of furan rings is 1. The Morgan fingerprint density at radius 1 is 1.17 bits per heavy atom. The van der Waals surface area contributed by atoms with Crippen molar-refractivity contribution in [3.05, 3.63) is 70.7 Å². The van der Waals surface area contributed by atoms with Crippen LogP contribution in [0.2, 0.25) is 0 Å². The second kappa shape index (κ2) is 6.96. The zero-order valence-corrected chi connectivity index (χ0v) is 15.6. The molecule has 3 aromatic rings. The highest BCUT2D eigenvalue weighted by Crippen LogP contribution is 2.33. The third kappa shape index (κ3) is 2.91. The number of carbonyl (C=O) groups is 3. The summed E-state index contributed by atoms with van der Waals surface area (Å²) in [5.41, 5.74) is 1.25. The van der Waals surface area contributed by atoms with Crippen molar-refractivity contribution < 1.29 is 27.9 Å². The molecule has 8 nitrogen and oxygen atoms in total. The van der Waals surface area contributed by atoms with Crippen LogP contribution < -0.4 is 10.6 Å². The van der Waals surface area contributed by atoms with Crippen molar-refractivity contribution in [3.63, 3.8) is 0 Å². The summed E-state index contributed by atoms with van der Waals surface area (Å²) in [5, 5.41) is 5.50. The normalized spacial score (nSPS) is 18.1. The molecule has 0 radical (unpaired) electrons. The van der Waals surface area contributed by atoms with E-state index in [1.807, 2.05) is 30.3 Å². The van der Waals surface area contributed by atoms with E-state index >= 15 is 0 Å². The second-order valence-electron chi connectivity index (χ2n) is 7.09. The van der Waals surface area contributed by atoms with E-state index in [0.29, 0.717) is 10.9 Å². The van der Waals surface area contributed by atoms with Crippen LogP contribution in [-0.2, 0) is 22.7 Å². The van der Waals surface area contributed by atoms with Crippen molar-refractivity contribution >= 4 is 28.8 Å². The Morgan fingerprint density at radius 3 is 2.77 bits per heavy atom. The third-order valence-electron chi connectivity index (χ3n) is 5.16. The van der Waals surface area contributed by atoms with E-state index in [4.69, 9.17) is 9.15 Å². The van der Waals surface area contributed by atoms with E-state index in [-0.39, 0.29) is 36.8 Å². The molecule has 2 N–H and O–H groups in total. The zero-order chi connectivity index (χ0) is 20.8. The van der Waals surface area contributed by atoms with Gasteiger partial charge in [0.1, 0.15) is 12.5 Å². The van der Waals surface area contributed by atoms with Crippen molar-refractivity contribution in [2.75, 3.05) is 6.73 Å². The third-order valence-corrected chi connectivity index (χ3v) is 5.16. The molecule has 152 valence electrons. The van der Waals surface area contributed by atoms with Crippen molar-refractivity contribution in [1.82, 2.24) is 15.5 Å². The van der Waals surface area contributed by atoms with Crippen LogP contribution in [0.25, 0.3) is 11.0 Å². The van der Waals surface area contributed by atoms with Crippen molar-refractivity contribution in [2.45, 2.75) is 19.2 Å². The number of fused-ring (bicyclic) bond motifs is 2. The maximum Gasteiger partial charge on any atom is 0.327 e. The van der Waals surface area contributed by atoms with E-state index in [9.17, 15) is 18.8 Å². The number of imide groups is 1. The van der Waals surface area contributed by atoms with Crippen molar-refractivity contribution in [2.24, 2.45) is 0 Å². The molecular formula is C21H16FN3O5. The van der Waals surface area contributed by atoms with Crippen LogP contribution in [0.15, 0.2) is 46.9 Å². The van der Waals surface area contributed by atoms with Gasteiger partial charge in [0.05, 0.1) is 12.2 Å². The first-order valence-electron chi connectivity index (χ1n) is 9.29. The van der Waals surface area contributed by atoms with Crippen LogP contribution in [0.5, 0.6) is 0 Å². The van der Waals surface area contributed by atoms with Gasteiger partial charge in [0.2, 0.25) is 0 Å². The average molecular weight is 409 g/mol. The molecule has 2 aliphatic rings. The summed E-state index contributed by atoms with van der Waals surface area (Å²) in [5.74, 6) is -1.74. The summed E-state index contributed by atoms with van der Waals surface area (Å²) in [6.45, 7) is 0.248. The Balaban J connectivity index is 1.35. The van der Waals surface area contributed by atoms with Crippen molar-refractivity contribution in [3.8, 4) is 0 Å². The van der Waals surface area contributed by atoms with Gasteiger partial charge in [-0.25, -0.2) is 14.1 Å². The lowest BCUT2D eigenvalue weighted by Gasteiger charge is -2.13. The van der Waals surface area contributed by atoms with Gasteiger partial charge in [-0.2, -0.15) is 0 Å². The van der Waals surface area contributed by atoms with E-state index in [1.54, 1.807) is 6.07 Å². The number of urea groups is 1. The van der Waals surface area contributed by atoms with Gasteiger partial charge in [-0.05, 0) is 23.3 Å². The topological polar surface area (TPSA) is 101 Å². The maximum absolute atomic E-state index is 14.7. The first-order valence-corrected chi connectivity index (χ1v) is 9.29. The number of amides is 4. The van der Waals surface area contributed by atoms with Crippen LogP contribution in [-0.4, -0.2) is 29.5 Å². The number of rotatable bonds is 5. The average Bonchev–Trinajstić information content (AvgIpc) is 3.41. The lowest BCUT2D eigenvalue weighted by atomic mass is 10.1. The van der Waals surface area contributed by atoms with Crippen LogP contribution in [0.3, 0.4) is 0 Å². The molecular weight excluding hydrogens is 393 g/mol.